The second kappa shape index (κ2) is 6.68. The average Bonchev–Trinajstić information content (AvgIpc) is 3.02. The Morgan fingerprint density at radius 2 is 2.58 bits per heavy atom. The van der Waals surface area contributed by atoms with Gasteiger partial charge in [-0.2, -0.15) is 0 Å². The van der Waals surface area contributed by atoms with E-state index in [0.717, 1.165) is 25.1 Å². The van der Waals surface area contributed by atoms with Gasteiger partial charge in [0.05, 0.1) is 30.9 Å². The summed E-state index contributed by atoms with van der Waals surface area (Å²) in [6, 6.07) is -0.489. The monoisotopic (exact) mass is 267 g/mol. The van der Waals surface area contributed by atoms with E-state index in [1.165, 1.54) is 0 Å². The molecule has 19 heavy (non-hydrogen) atoms. The summed E-state index contributed by atoms with van der Waals surface area (Å²) < 4.78 is 12.5. The molecule has 1 aliphatic rings. The van der Waals surface area contributed by atoms with Gasteiger partial charge in [0.2, 0.25) is 0 Å². The first-order valence-corrected chi connectivity index (χ1v) is 6.70. The molecule has 6 nitrogen and oxygen atoms in total. The third-order valence-electron chi connectivity index (χ3n) is 3.25. The van der Waals surface area contributed by atoms with Crippen molar-refractivity contribution in [3.05, 3.63) is 18.2 Å². The lowest BCUT2D eigenvalue weighted by Gasteiger charge is -2.19. The van der Waals surface area contributed by atoms with Crippen LogP contribution in [0.2, 0.25) is 0 Å². The standard InChI is InChI=1S/C13H21N3O3/c1-3-18-13(17)12(11-8-14-9-16(11)2)15-7-10-5-4-6-19-10/h8-10,12,15H,3-7H2,1-2H3. The minimum Gasteiger partial charge on any atom is -0.465 e. The van der Waals surface area contributed by atoms with E-state index < -0.39 is 6.04 Å². The van der Waals surface area contributed by atoms with Gasteiger partial charge in [0.25, 0.3) is 0 Å². The Balaban J connectivity index is 2.01. The van der Waals surface area contributed by atoms with E-state index in [1.54, 1.807) is 19.4 Å². The maximum Gasteiger partial charge on any atom is 0.329 e. The number of carbonyl (C=O) groups is 1. The van der Waals surface area contributed by atoms with Gasteiger partial charge in [0.1, 0.15) is 6.04 Å². The van der Waals surface area contributed by atoms with Crippen molar-refractivity contribution in [1.82, 2.24) is 14.9 Å². The molecule has 106 valence electrons. The van der Waals surface area contributed by atoms with Gasteiger partial charge >= 0.3 is 5.97 Å². The maximum absolute atomic E-state index is 12.0. The molecule has 1 saturated heterocycles. The van der Waals surface area contributed by atoms with Crippen molar-refractivity contribution in [3.63, 3.8) is 0 Å². The third-order valence-corrected chi connectivity index (χ3v) is 3.25. The van der Waals surface area contributed by atoms with Gasteiger partial charge in [-0.1, -0.05) is 0 Å². The molecular formula is C13H21N3O3. The fraction of sp³-hybridized carbons (Fsp3) is 0.692. The summed E-state index contributed by atoms with van der Waals surface area (Å²) in [5.41, 5.74) is 0.802. The molecule has 0 radical (unpaired) electrons. The van der Waals surface area contributed by atoms with E-state index in [1.807, 2.05) is 11.6 Å². The Labute approximate surface area is 113 Å². The van der Waals surface area contributed by atoms with E-state index in [-0.39, 0.29) is 12.1 Å². The summed E-state index contributed by atoms with van der Waals surface area (Å²) in [5.74, 6) is -0.274. The molecule has 2 heterocycles. The number of carbonyl (C=O) groups excluding carboxylic acids is 1. The smallest absolute Gasteiger partial charge is 0.329 e. The van der Waals surface area contributed by atoms with Crippen LogP contribution >= 0.6 is 0 Å². The fourth-order valence-electron chi connectivity index (χ4n) is 2.23. The molecule has 0 amide bonds. The molecule has 6 heteroatoms. The van der Waals surface area contributed by atoms with E-state index in [0.29, 0.717) is 13.2 Å². The van der Waals surface area contributed by atoms with Gasteiger partial charge in [0.15, 0.2) is 0 Å². The van der Waals surface area contributed by atoms with E-state index >= 15 is 0 Å². The number of aryl methyl sites for hydroxylation is 1. The Hall–Kier alpha value is -1.40. The minimum absolute atomic E-state index is 0.185. The number of hydrogen-bond donors (Lipinski definition) is 1. The van der Waals surface area contributed by atoms with Gasteiger partial charge in [0, 0.05) is 20.2 Å². The first-order chi connectivity index (χ1) is 9.22. The average molecular weight is 267 g/mol. The second-order valence-corrected chi connectivity index (χ2v) is 4.66. The van der Waals surface area contributed by atoms with Crippen LogP contribution in [0.1, 0.15) is 31.5 Å². The predicted octanol–water partition coefficient (Wildman–Crippen LogP) is 0.793. The molecule has 1 aromatic rings. The molecular weight excluding hydrogens is 246 g/mol. The second-order valence-electron chi connectivity index (χ2n) is 4.66. The normalized spacial score (nSPS) is 20.4. The van der Waals surface area contributed by atoms with Crippen molar-refractivity contribution in [3.8, 4) is 0 Å². The molecule has 0 bridgehead atoms. The number of hydrogen-bond acceptors (Lipinski definition) is 5. The molecule has 2 atom stereocenters. The lowest BCUT2D eigenvalue weighted by molar-refractivity contribution is -0.146. The fourth-order valence-corrected chi connectivity index (χ4v) is 2.23. The molecule has 0 aliphatic carbocycles. The Morgan fingerprint density at radius 3 is 3.16 bits per heavy atom. The number of rotatable bonds is 6. The van der Waals surface area contributed by atoms with Crippen molar-refractivity contribution in [2.75, 3.05) is 19.8 Å². The van der Waals surface area contributed by atoms with Crippen LogP contribution in [-0.2, 0) is 21.3 Å². The summed E-state index contributed by atoms with van der Waals surface area (Å²) in [6.45, 7) is 3.63. The summed E-state index contributed by atoms with van der Waals surface area (Å²) in [5, 5.41) is 3.23. The lowest BCUT2D eigenvalue weighted by atomic mass is 10.2. The van der Waals surface area contributed by atoms with E-state index in [2.05, 4.69) is 10.3 Å². The topological polar surface area (TPSA) is 65.4 Å². The Morgan fingerprint density at radius 1 is 1.74 bits per heavy atom. The molecule has 2 rings (SSSR count). The maximum atomic E-state index is 12.0. The van der Waals surface area contributed by atoms with Crippen LogP contribution in [0.3, 0.4) is 0 Å². The number of aromatic nitrogens is 2. The molecule has 0 saturated carbocycles. The van der Waals surface area contributed by atoms with Crippen molar-refractivity contribution in [1.29, 1.82) is 0 Å². The first kappa shape index (κ1) is 14.0. The zero-order valence-corrected chi connectivity index (χ0v) is 11.5. The Kier molecular flexibility index (Phi) is 4.93. The first-order valence-electron chi connectivity index (χ1n) is 6.70. The molecule has 0 spiro atoms. The molecule has 2 unspecified atom stereocenters. The number of esters is 1. The highest BCUT2D eigenvalue weighted by molar-refractivity contribution is 5.77. The van der Waals surface area contributed by atoms with Crippen molar-refractivity contribution >= 4 is 5.97 Å². The molecule has 1 aliphatic heterocycles. The van der Waals surface area contributed by atoms with E-state index in [9.17, 15) is 4.79 Å². The lowest BCUT2D eigenvalue weighted by Crippen LogP contribution is -2.36. The van der Waals surface area contributed by atoms with Crippen LogP contribution in [0.4, 0.5) is 0 Å². The van der Waals surface area contributed by atoms with Gasteiger partial charge in [-0.3, -0.25) is 5.32 Å². The highest BCUT2D eigenvalue weighted by atomic mass is 16.5. The van der Waals surface area contributed by atoms with Gasteiger partial charge in [-0.15, -0.1) is 0 Å². The summed E-state index contributed by atoms with van der Waals surface area (Å²) in [6.07, 6.45) is 5.67. The largest absolute Gasteiger partial charge is 0.465 e. The highest BCUT2D eigenvalue weighted by Crippen LogP contribution is 2.16. The quantitative estimate of drug-likeness (QED) is 0.772. The third kappa shape index (κ3) is 3.54. The van der Waals surface area contributed by atoms with Crippen molar-refractivity contribution < 1.29 is 14.3 Å². The Bertz CT molecular complexity index is 413. The van der Waals surface area contributed by atoms with Crippen LogP contribution < -0.4 is 5.32 Å². The number of imidazole rings is 1. The zero-order chi connectivity index (χ0) is 13.7. The summed E-state index contributed by atoms with van der Waals surface area (Å²) in [7, 11) is 1.86. The van der Waals surface area contributed by atoms with Crippen LogP contribution in [0.25, 0.3) is 0 Å². The highest BCUT2D eigenvalue weighted by Gasteiger charge is 2.26. The van der Waals surface area contributed by atoms with Crippen LogP contribution in [0.15, 0.2) is 12.5 Å². The van der Waals surface area contributed by atoms with Crippen LogP contribution in [0.5, 0.6) is 0 Å². The molecule has 1 fully saturated rings. The summed E-state index contributed by atoms with van der Waals surface area (Å²) >= 11 is 0. The van der Waals surface area contributed by atoms with Crippen LogP contribution in [-0.4, -0.2) is 41.4 Å². The van der Waals surface area contributed by atoms with Gasteiger partial charge in [-0.25, -0.2) is 9.78 Å². The minimum atomic E-state index is -0.489. The number of nitrogens with one attached hydrogen (secondary N) is 1. The molecule has 0 aromatic carbocycles. The van der Waals surface area contributed by atoms with E-state index in [4.69, 9.17) is 9.47 Å². The SMILES string of the molecule is CCOC(=O)C(NCC1CCCO1)c1cncn1C. The predicted molar refractivity (Wildman–Crippen MR) is 69.6 cm³/mol. The van der Waals surface area contributed by atoms with Gasteiger partial charge < -0.3 is 14.0 Å². The summed E-state index contributed by atoms with van der Waals surface area (Å²) in [4.78, 5) is 16.1. The molecule has 1 N–H and O–H groups in total. The van der Waals surface area contributed by atoms with Crippen molar-refractivity contribution in [2.45, 2.75) is 31.9 Å². The number of ether oxygens (including phenoxy) is 2. The van der Waals surface area contributed by atoms with Crippen molar-refractivity contribution in [2.24, 2.45) is 7.05 Å². The zero-order valence-electron chi connectivity index (χ0n) is 11.5. The van der Waals surface area contributed by atoms with Crippen LogP contribution in [0, 0.1) is 0 Å². The molecule has 1 aromatic heterocycles. The van der Waals surface area contributed by atoms with Gasteiger partial charge in [-0.05, 0) is 19.8 Å². The number of nitrogens with zero attached hydrogens (tertiary/aromatic N) is 2.